The Balaban J connectivity index is 1.96. The quantitative estimate of drug-likeness (QED) is 0.151. The molecule has 4 N–H and O–H groups in total. The SMILES string of the molecule is C[C@H](CO[Si](C)(C)C(C)(C)C)N(CC(=O)N[C@@H](CCN(C)C)c1cccc(Cl)c1F)C(=O)Cn1nc(C(N)=O)c2cc(NC(=O)OC(C)(C)C)ccc21. The molecular formula is C37H55ClFN7O6Si. The maximum atomic E-state index is 15.2. The standard InChI is InChI=1S/C37H55ClFN7O6Si/c1-23(22-51-53(10,11)37(5,6)7)45(20-30(47)42-28(17-18-44(8)9)25-13-12-14-27(38)32(25)39)31(48)21-46-29-16-15-24(41-35(50)52-36(2,3)4)19-26(29)33(43-46)34(40)49/h12-16,19,23,28H,17-18,20-22H2,1-11H3,(H2,40,49)(H,41,50)(H,42,47)/t23-,28+/m1/s1. The number of ether oxygens (including phenoxy) is 1. The Hall–Kier alpha value is -4.05. The van der Waals surface area contributed by atoms with Gasteiger partial charge in [-0.3, -0.25) is 24.4 Å². The van der Waals surface area contributed by atoms with E-state index in [1.54, 1.807) is 52.0 Å². The van der Waals surface area contributed by atoms with E-state index in [1.807, 2.05) is 19.0 Å². The second-order valence-electron chi connectivity index (χ2n) is 16.0. The van der Waals surface area contributed by atoms with Gasteiger partial charge in [-0.05, 0) is 97.2 Å². The number of halogens is 2. The van der Waals surface area contributed by atoms with Crippen molar-refractivity contribution in [1.82, 2.24) is 24.9 Å². The minimum absolute atomic E-state index is 0.0608. The lowest BCUT2D eigenvalue weighted by Gasteiger charge is -2.38. The molecule has 0 spiro atoms. The summed E-state index contributed by atoms with van der Waals surface area (Å²) in [4.78, 5) is 56.2. The minimum Gasteiger partial charge on any atom is -0.444 e. The Morgan fingerprint density at radius 1 is 1.08 bits per heavy atom. The van der Waals surface area contributed by atoms with Crippen molar-refractivity contribution < 1.29 is 32.7 Å². The Bertz CT molecular complexity index is 1800. The van der Waals surface area contributed by atoms with Crippen LogP contribution in [0.3, 0.4) is 0 Å². The Labute approximate surface area is 317 Å². The lowest BCUT2D eigenvalue weighted by Crippen LogP contribution is -2.51. The molecule has 0 saturated heterocycles. The van der Waals surface area contributed by atoms with Crippen molar-refractivity contribution >= 4 is 60.3 Å². The summed E-state index contributed by atoms with van der Waals surface area (Å²) in [6, 6.07) is 8.07. The number of nitrogens with one attached hydrogen (secondary N) is 2. The van der Waals surface area contributed by atoms with Gasteiger partial charge in [0.2, 0.25) is 11.8 Å². The third kappa shape index (κ3) is 12.0. The fourth-order valence-electron chi connectivity index (χ4n) is 5.20. The van der Waals surface area contributed by atoms with E-state index in [-0.39, 0.29) is 41.0 Å². The predicted octanol–water partition coefficient (Wildman–Crippen LogP) is 6.32. The molecule has 4 amide bonds. The van der Waals surface area contributed by atoms with Gasteiger partial charge in [-0.15, -0.1) is 0 Å². The molecule has 1 heterocycles. The van der Waals surface area contributed by atoms with Crippen LogP contribution in [-0.2, 0) is 25.3 Å². The number of hydrogen-bond donors (Lipinski definition) is 3. The highest BCUT2D eigenvalue weighted by molar-refractivity contribution is 6.74. The molecule has 292 valence electrons. The summed E-state index contributed by atoms with van der Waals surface area (Å²) >= 11 is 6.10. The van der Waals surface area contributed by atoms with Crippen molar-refractivity contribution in [3.63, 3.8) is 0 Å². The molecule has 0 radical (unpaired) electrons. The molecular weight excluding hydrogens is 721 g/mol. The third-order valence-corrected chi connectivity index (χ3v) is 13.9. The van der Waals surface area contributed by atoms with Crippen LogP contribution in [-0.4, -0.2) is 97.1 Å². The molecule has 1 aromatic heterocycles. The fourth-order valence-corrected chi connectivity index (χ4v) is 6.47. The monoisotopic (exact) mass is 775 g/mol. The molecule has 0 bridgehead atoms. The number of hydrogen-bond acceptors (Lipinski definition) is 8. The zero-order valence-electron chi connectivity index (χ0n) is 32.7. The molecule has 3 aromatic rings. The minimum atomic E-state index is -2.25. The molecule has 53 heavy (non-hydrogen) atoms. The van der Waals surface area contributed by atoms with E-state index in [0.717, 1.165) is 0 Å². The highest BCUT2D eigenvalue weighted by Crippen LogP contribution is 2.36. The number of fused-ring (bicyclic) bond motifs is 1. The smallest absolute Gasteiger partial charge is 0.412 e. The number of nitrogens with two attached hydrogens (primary N) is 1. The van der Waals surface area contributed by atoms with Gasteiger partial charge < -0.3 is 30.0 Å². The van der Waals surface area contributed by atoms with Crippen LogP contribution < -0.4 is 16.4 Å². The van der Waals surface area contributed by atoms with Crippen LogP contribution >= 0.6 is 11.6 Å². The van der Waals surface area contributed by atoms with Gasteiger partial charge in [0.05, 0.1) is 35.8 Å². The molecule has 13 nitrogen and oxygen atoms in total. The number of aromatic nitrogens is 2. The topological polar surface area (TPSA) is 161 Å². The average Bonchev–Trinajstić information content (AvgIpc) is 3.38. The van der Waals surface area contributed by atoms with Crippen molar-refractivity contribution in [2.75, 3.05) is 39.1 Å². The second kappa shape index (κ2) is 17.4. The molecule has 0 fully saturated rings. The van der Waals surface area contributed by atoms with Gasteiger partial charge >= 0.3 is 6.09 Å². The first kappa shape index (κ1) is 43.4. The molecule has 2 atom stereocenters. The summed E-state index contributed by atoms with van der Waals surface area (Å²) in [5, 5.41) is 10.1. The highest BCUT2D eigenvalue weighted by Gasteiger charge is 2.38. The van der Waals surface area contributed by atoms with E-state index in [9.17, 15) is 19.2 Å². The van der Waals surface area contributed by atoms with Gasteiger partial charge in [0.15, 0.2) is 14.0 Å². The van der Waals surface area contributed by atoms with Gasteiger partial charge in [-0.25, -0.2) is 9.18 Å². The Morgan fingerprint density at radius 3 is 2.32 bits per heavy atom. The van der Waals surface area contributed by atoms with Crippen LogP contribution in [0.2, 0.25) is 23.2 Å². The van der Waals surface area contributed by atoms with E-state index in [2.05, 4.69) is 49.6 Å². The number of rotatable bonds is 15. The molecule has 2 aromatic carbocycles. The summed E-state index contributed by atoms with van der Waals surface area (Å²) in [6.45, 7) is 17.5. The summed E-state index contributed by atoms with van der Waals surface area (Å²) in [7, 11) is 1.50. The normalized spacial score (nSPS) is 13.5. The van der Waals surface area contributed by atoms with E-state index in [0.29, 0.717) is 29.6 Å². The highest BCUT2D eigenvalue weighted by atomic mass is 35.5. The maximum Gasteiger partial charge on any atom is 0.412 e. The van der Waals surface area contributed by atoms with E-state index in [4.69, 9.17) is 26.5 Å². The first-order valence-corrected chi connectivity index (χ1v) is 20.8. The third-order valence-electron chi connectivity index (χ3n) is 9.13. The van der Waals surface area contributed by atoms with Crippen LogP contribution in [0.1, 0.15) is 77.0 Å². The number of carbonyl (C=O) groups excluding carboxylic acids is 4. The fraction of sp³-hybridized carbons (Fsp3) is 0.541. The number of carbonyl (C=O) groups is 4. The largest absolute Gasteiger partial charge is 0.444 e. The van der Waals surface area contributed by atoms with E-state index in [1.165, 1.54) is 21.7 Å². The first-order chi connectivity index (χ1) is 24.4. The molecule has 0 unspecified atom stereocenters. The van der Waals surface area contributed by atoms with E-state index >= 15 is 4.39 Å². The van der Waals surface area contributed by atoms with Crippen molar-refractivity contribution in [3.05, 3.63) is 58.5 Å². The summed E-state index contributed by atoms with van der Waals surface area (Å²) in [5.74, 6) is -2.45. The number of primary amides is 1. The average molecular weight is 776 g/mol. The van der Waals surface area contributed by atoms with E-state index < -0.39 is 55.6 Å². The molecule has 16 heteroatoms. The molecule has 3 rings (SSSR count). The summed E-state index contributed by atoms with van der Waals surface area (Å²) in [6.07, 6.45) is -0.307. The van der Waals surface area contributed by atoms with Crippen LogP contribution in [0.4, 0.5) is 14.9 Å². The zero-order valence-corrected chi connectivity index (χ0v) is 34.5. The summed E-state index contributed by atoms with van der Waals surface area (Å²) in [5.41, 5.74) is 5.81. The van der Waals surface area contributed by atoms with Gasteiger partial charge in [-0.1, -0.05) is 44.5 Å². The zero-order chi connectivity index (χ0) is 40.1. The number of nitrogens with zero attached hydrogens (tertiary/aromatic N) is 4. The number of benzene rings is 2. The lowest BCUT2D eigenvalue weighted by atomic mass is 10.0. The van der Waals surface area contributed by atoms with Gasteiger partial charge in [0.1, 0.15) is 18.0 Å². The summed E-state index contributed by atoms with van der Waals surface area (Å²) < 4.78 is 28.3. The maximum absolute atomic E-state index is 15.2. The number of amides is 4. The molecule has 0 aliphatic heterocycles. The molecule has 0 aliphatic rings. The number of anilines is 1. The van der Waals surface area contributed by atoms with Crippen LogP contribution in [0.15, 0.2) is 36.4 Å². The van der Waals surface area contributed by atoms with Gasteiger partial charge in [0, 0.05) is 16.6 Å². The van der Waals surface area contributed by atoms with Crippen molar-refractivity contribution in [3.8, 4) is 0 Å². The molecule has 0 saturated carbocycles. The van der Waals surface area contributed by atoms with Gasteiger partial charge in [-0.2, -0.15) is 5.10 Å². The van der Waals surface area contributed by atoms with Crippen LogP contribution in [0.25, 0.3) is 10.9 Å². The Morgan fingerprint density at radius 2 is 1.74 bits per heavy atom. The second-order valence-corrected chi connectivity index (χ2v) is 21.2. The van der Waals surface area contributed by atoms with Crippen molar-refractivity contribution in [2.24, 2.45) is 5.73 Å². The van der Waals surface area contributed by atoms with Crippen molar-refractivity contribution in [1.29, 1.82) is 0 Å². The van der Waals surface area contributed by atoms with Crippen LogP contribution in [0, 0.1) is 5.82 Å². The Kier molecular flexibility index (Phi) is 14.2. The van der Waals surface area contributed by atoms with Crippen LogP contribution in [0.5, 0.6) is 0 Å². The molecule has 0 aliphatic carbocycles. The van der Waals surface area contributed by atoms with Gasteiger partial charge in [0.25, 0.3) is 5.91 Å². The first-order valence-electron chi connectivity index (χ1n) is 17.5. The predicted molar refractivity (Wildman–Crippen MR) is 208 cm³/mol. The lowest BCUT2D eigenvalue weighted by molar-refractivity contribution is -0.139. The van der Waals surface area contributed by atoms with Crippen molar-refractivity contribution in [2.45, 2.75) is 97.2 Å².